The molecule has 0 atom stereocenters. The molecule has 0 unspecified atom stereocenters. The summed E-state index contributed by atoms with van der Waals surface area (Å²) in [5.41, 5.74) is 22.0. The van der Waals surface area contributed by atoms with Gasteiger partial charge in [0.2, 0.25) is 9.82 Å². The molecular weight excluding hydrogens is 164 g/mol. The van der Waals surface area contributed by atoms with Crippen molar-refractivity contribution in [2.45, 2.75) is 19.8 Å². The number of carbonyl (C=O) groups is 1. The second-order valence-electron chi connectivity index (χ2n) is 1.37. The van der Waals surface area contributed by atoms with Gasteiger partial charge in [-0.05, 0) is 6.42 Å². The standard InChI is InChI=1S/C4H8O2.2H2N3/c1-2-3-4(5)6;2*1-3-2/h2-3H2,1H3,(H,5,6);2*1-2H/q;2*+1. The summed E-state index contributed by atoms with van der Waals surface area (Å²) in [6, 6.07) is 0. The minimum Gasteiger partial charge on any atom is -0.481 e. The second kappa shape index (κ2) is 23.0. The molecule has 0 fully saturated rings. The van der Waals surface area contributed by atoms with Gasteiger partial charge in [-0.3, -0.25) is 4.79 Å². The Kier molecular flexibility index (Phi) is 31.7. The molecule has 0 saturated carbocycles. The second-order valence-corrected chi connectivity index (χ2v) is 1.37. The summed E-state index contributed by atoms with van der Waals surface area (Å²) < 4.78 is 0. The summed E-state index contributed by atoms with van der Waals surface area (Å²) in [7, 11) is 0. The van der Waals surface area contributed by atoms with Crippen molar-refractivity contribution >= 4 is 5.97 Å². The number of carboxylic acid groups (broad SMARTS) is 1. The van der Waals surface area contributed by atoms with Crippen LogP contribution in [0.5, 0.6) is 0 Å². The molecule has 0 spiro atoms. The molecule has 8 nitrogen and oxygen atoms in total. The predicted octanol–water partition coefficient (Wildman–Crippen LogP) is 1.10. The van der Waals surface area contributed by atoms with Gasteiger partial charge in [0.15, 0.2) is 0 Å². The molecule has 0 aromatic heterocycles. The molecule has 0 aliphatic rings. The van der Waals surface area contributed by atoms with Gasteiger partial charge in [-0.15, -0.1) is 0 Å². The van der Waals surface area contributed by atoms with Crippen LogP contribution in [0.4, 0.5) is 0 Å². The van der Waals surface area contributed by atoms with Crippen molar-refractivity contribution in [2.24, 2.45) is 0 Å². The first-order valence-corrected chi connectivity index (χ1v) is 2.88. The summed E-state index contributed by atoms with van der Waals surface area (Å²) in [4.78, 5) is 13.6. The topological polar surface area (TPSA) is 161 Å². The zero-order valence-corrected chi connectivity index (χ0v) is 6.66. The third-order valence-corrected chi connectivity index (χ3v) is 0.464. The van der Waals surface area contributed by atoms with E-state index in [-0.39, 0.29) is 0 Å². The fourth-order valence-electron chi connectivity index (χ4n) is 0.214. The summed E-state index contributed by atoms with van der Waals surface area (Å²) in [6.45, 7) is 1.84. The number of hydrogen-bond acceptors (Lipinski definition) is 5. The molecule has 68 valence electrons. The van der Waals surface area contributed by atoms with E-state index in [2.05, 4.69) is 0 Å². The van der Waals surface area contributed by atoms with Crippen LogP contribution in [0.15, 0.2) is 0 Å². The molecule has 0 heterocycles. The monoisotopic (exact) mass is 176 g/mol. The zero-order valence-electron chi connectivity index (χ0n) is 6.66. The minimum atomic E-state index is -0.711. The van der Waals surface area contributed by atoms with Crippen molar-refractivity contribution < 1.29 is 9.90 Å². The number of carboxylic acids is 1. The van der Waals surface area contributed by atoms with Crippen LogP contribution in [0.1, 0.15) is 19.8 Å². The molecule has 0 rings (SSSR count). The molecule has 0 aliphatic heterocycles. The smallest absolute Gasteiger partial charge is 0.303 e. The van der Waals surface area contributed by atoms with E-state index in [1.165, 1.54) is 0 Å². The van der Waals surface area contributed by atoms with E-state index in [4.69, 9.17) is 27.2 Å². The van der Waals surface area contributed by atoms with E-state index in [0.717, 1.165) is 6.42 Å². The number of hydrogen-bond donors (Lipinski definition) is 5. The summed E-state index contributed by atoms with van der Waals surface area (Å²) in [6.07, 6.45) is 1.02. The predicted molar refractivity (Wildman–Crippen MR) is 37.7 cm³/mol. The van der Waals surface area contributed by atoms with Crippen molar-refractivity contribution in [1.82, 2.24) is 9.82 Å². The average Bonchev–Trinajstić information content (AvgIpc) is 1.89. The van der Waals surface area contributed by atoms with Gasteiger partial charge in [-0.2, -0.15) is 0 Å². The number of nitrogens with zero attached hydrogens (tertiary/aromatic N) is 2. The lowest BCUT2D eigenvalue weighted by Gasteiger charge is -1.79. The maximum atomic E-state index is 9.60. The first kappa shape index (κ1) is 16.6. The highest BCUT2D eigenvalue weighted by molar-refractivity contribution is 5.66. The van der Waals surface area contributed by atoms with Gasteiger partial charge in [-0.1, -0.05) is 6.92 Å². The van der Waals surface area contributed by atoms with Crippen LogP contribution in [0.3, 0.4) is 0 Å². The highest BCUT2D eigenvalue weighted by atomic mass is 16.4. The lowest BCUT2D eigenvalue weighted by Crippen LogP contribution is -1.90. The van der Waals surface area contributed by atoms with Gasteiger partial charge in [-0.25, -0.2) is 0 Å². The lowest BCUT2D eigenvalue weighted by molar-refractivity contribution is -0.137. The van der Waals surface area contributed by atoms with E-state index >= 15 is 0 Å². The van der Waals surface area contributed by atoms with Crippen LogP contribution in [0.2, 0.25) is 0 Å². The van der Waals surface area contributed by atoms with Crippen molar-refractivity contribution in [3.63, 3.8) is 0 Å². The first-order chi connectivity index (χ1) is 5.60. The fraction of sp³-hybridized carbons (Fsp3) is 0.750. The van der Waals surface area contributed by atoms with Crippen LogP contribution in [-0.4, -0.2) is 11.1 Å². The van der Waals surface area contributed by atoms with E-state index in [1.807, 2.05) is 16.7 Å². The summed E-state index contributed by atoms with van der Waals surface area (Å²) in [5, 5.41) is 7.91. The molecule has 8 heteroatoms. The lowest BCUT2D eigenvalue weighted by atomic mass is 10.4. The Balaban J connectivity index is -0.000000115. The van der Waals surface area contributed by atoms with E-state index in [0.29, 0.717) is 6.42 Å². The van der Waals surface area contributed by atoms with Crippen LogP contribution in [0, 0.1) is 22.1 Å². The minimum absolute atomic E-state index is 0.292. The molecule has 0 saturated heterocycles. The molecule has 0 aromatic carbocycles. The highest BCUT2D eigenvalue weighted by Gasteiger charge is 1.87. The molecular formula is C4H12N6O2+2. The number of rotatable bonds is 2. The zero-order chi connectivity index (χ0) is 10.4. The van der Waals surface area contributed by atoms with Crippen molar-refractivity contribution in [3.8, 4) is 0 Å². The molecule has 12 heavy (non-hydrogen) atoms. The fourth-order valence-corrected chi connectivity index (χ4v) is 0.214. The van der Waals surface area contributed by atoms with Gasteiger partial charge in [0.1, 0.15) is 22.1 Å². The SMILES string of the molecule is CCCC(=O)O.N=[N+]=N.N=[N+]=N. The van der Waals surface area contributed by atoms with Crippen molar-refractivity contribution in [2.75, 3.05) is 0 Å². The van der Waals surface area contributed by atoms with E-state index in [9.17, 15) is 4.79 Å². The molecule has 0 radical (unpaired) electrons. The van der Waals surface area contributed by atoms with Crippen LogP contribution >= 0.6 is 0 Å². The Morgan fingerprint density at radius 3 is 1.50 bits per heavy atom. The average molecular weight is 176 g/mol. The Morgan fingerprint density at radius 1 is 1.25 bits per heavy atom. The number of aliphatic carboxylic acids is 1. The van der Waals surface area contributed by atoms with Gasteiger partial charge in [0, 0.05) is 6.42 Å². The largest absolute Gasteiger partial charge is 0.481 e. The molecule has 0 aromatic rings. The van der Waals surface area contributed by atoms with Crippen LogP contribution < -0.4 is 9.82 Å². The quantitative estimate of drug-likeness (QED) is 0.315. The number of nitrogens with one attached hydrogen (secondary N) is 4. The van der Waals surface area contributed by atoms with Gasteiger partial charge < -0.3 is 5.11 Å². The molecule has 0 amide bonds. The summed E-state index contributed by atoms with van der Waals surface area (Å²) >= 11 is 0. The maximum absolute atomic E-state index is 9.60. The third kappa shape index (κ3) is 342. The normalized spacial score (nSPS) is 5.42. The van der Waals surface area contributed by atoms with Gasteiger partial charge in [0.25, 0.3) is 0 Å². The molecule has 5 N–H and O–H groups in total. The van der Waals surface area contributed by atoms with E-state index < -0.39 is 5.97 Å². The van der Waals surface area contributed by atoms with Crippen LogP contribution in [-0.2, 0) is 4.79 Å². The highest BCUT2D eigenvalue weighted by Crippen LogP contribution is 1.82. The Hall–Kier alpha value is -1.91. The van der Waals surface area contributed by atoms with Gasteiger partial charge in [0.05, 0.1) is 0 Å². The van der Waals surface area contributed by atoms with Crippen molar-refractivity contribution in [3.05, 3.63) is 0 Å². The molecule has 0 aliphatic carbocycles. The Bertz CT molecular complexity index is 154. The van der Waals surface area contributed by atoms with Gasteiger partial charge >= 0.3 is 5.97 Å². The Labute approximate surface area is 68.6 Å². The van der Waals surface area contributed by atoms with Crippen LogP contribution in [0.25, 0.3) is 0 Å². The van der Waals surface area contributed by atoms with E-state index in [1.54, 1.807) is 0 Å². The molecule has 0 bridgehead atoms. The first-order valence-electron chi connectivity index (χ1n) is 2.88. The third-order valence-electron chi connectivity index (χ3n) is 0.464. The maximum Gasteiger partial charge on any atom is 0.303 e. The Morgan fingerprint density at radius 2 is 1.50 bits per heavy atom. The summed E-state index contributed by atoms with van der Waals surface area (Å²) in [5.74, 6) is -0.711. The van der Waals surface area contributed by atoms with Crippen molar-refractivity contribution in [1.29, 1.82) is 22.1 Å².